The Balaban J connectivity index is 2.30. The molecule has 0 aliphatic heterocycles. The first-order chi connectivity index (χ1) is 9.72. The van der Waals surface area contributed by atoms with E-state index in [-0.39, 0.29) is 9.63 Å². The first-order valence-electron chi connectivity index (χ1n) is 5.75. The summed E-state index contributed by atoms with van der Waals surface area (Å²) in [5, 5.41) is 7.01. The zero-order valence-electron chi connectivity index (χ0n) is 11.0. The molecule has 0 saturated heterocycles. The Morgan fingerprint density at radius 2 is 2.00 bits per heavy atom. The molecule has 0 spiro atoms. The van der Waals surface area contributed by atoms with Gasteiger partial charge in [-0.1, -0.05) is 11.3 Å². The summed E-state index contributed by atoms with van der Waals surface area (Å²) in [6.07, 6.45) is 0. The molecule has 1 heterocycles. The van der Waals surface area contributed by atoms with Crippen LogP contribution in [0.25, 0.3) is 0 Å². The van der Waals surface area contributed by atoms with Crippen LogP contribution in [-0.4, -0.2) is 23.4 Å². The maximum Gasteiger partial charge on any atom is 0.261 e. The molecule has 6 nitrogen and oxygen atoms in total. The van der Waals surface area contributed by atoms with Gasteiger partial charge in [-0.15, -0.1) is 5.10 Å². The van der Waals surface area contributed by atoms with Crippen molar-refractivity contribution in [2.24, 2.45) is 7.05 Å². The highest BCUT2D eigenvalue weighted by Crippen LogP contribution is 2.22. The molecule has 2 aromatic rings. The highest BCUT2D eigenvalue weighted by Gasteiger charge is 2.26. The van der Waals surface area contributed by atoms with E-state index in [0.29, 0.717) is 5.56 Å². The monoisotopic (exact) mass is 380 g/mol. The highest BCUT2D eigenvalue weighted by molar-refractivity contribution is 9.10. The van der Waals surface area contributed by atoms with E-state index in [9.17, 15) is 17.2 Å². The van der Waals surface area contributed by atoms with Crippen molar-refractivity contribution >= 4 is 26.0 Å². The van der Waals surface area contributed by atoms with Crippen LogP contribution in [0.2, 0.25) is 0 Å². The van der Waals surface area contributed by atoms with Crippen LogP contribution >= 0.6 is 15.9 Å². The molecular weight excluding hydrogens is 370 g/mol. The SMILES string of the molecule is CC(NS(=O)(=O)c1c(Br)nnn1C)c1ccc(F)c(F)c1. The lowest BCUT2D eigenvalue weighted by Crippen LogP contribution is -2.29. The molecule has 0 aliphatic carbocycles. The molecule has 0 fully saturated rings. The lowest BCUT2D eigenvalue weighted by atomic mass is 10.1. The molecule has 0 bridgehead atoms. The molecule has 0 amide bonds. The molecule has 10 heteroatoms. The van der Waals surface area contributed by atoms with E-state index in [4.69, 9.17) is 0 Å². The number of benzene rings is 1. The van der Waals surface area contributed by atoms with Gasteiger partial charge in [0.15, 0.2) is 16.2 Å². The fourth-order valence-electron chi connectivity index (χ4n) is 1.75. The van der Waals surface area contributed by atoms with Crippen LogP contribution in [0.15, 0.2) is 27.8 Å². The van der Waals surface area contributed by atoms with Gasteiger partial charge in [0.05, 0.1) is 0 Å². The summed E-state index contributed by atoms with van der Waals surface area (Å²) >= 11 is 3.00. The summed E-state index contributed by atoms with van der Waals surface area (Å²) in [6.45, 7) is 1.52. The molecule has 1 atom stereocenters. The molecule has 1 aromatic carbocycles. The zero-order chi connectivity index (χ0) is 15.8. The largest absolute Gasteiger partial charge is 0.261 e. The number of hydrogen-bond acceptors (Lipinski definition) is 4. The number of sulfonamides is 1. The van der Waals surface area contributed by atoms with Crippen molar-refractivity contribution in [2.45, 2.75) is 18.0 Å². The van der Waals surface area contributed by atoms with E-state index < -0.39 is 27.7 Å². The quantitative estimate of drug-likeness (QED) is 0.878. The minimum Gasteiger partial charge on any atom is -0.235 e. The Hall–Kier alpha value is -1.39. The fraction of sp³-hybridized carbons (Fsp3) is 0.273. The van der Waals surface area contributed by atoms with Gasteiger partial charge in [-0.05, 0) is 40.5 Å². The minimum atomic E-state index is -3.92. The number of nitrogens with one attached hydrogen (secondary N) is 1. The standard InChI is InChI=1S/C11H11BrF2N4O2S/c1-6(7-3-4-8(13)9(14)5-7)16-21(19,20)11-10(12)15-17-18(11)2/h3-6,16H,1-2H3. The van der Waals surface area contributed by atoms with Gasteiger partial charge in [0.2, 0.25) is 5.03 Å². The average Bonchev–Trinajstić information content (AvgIpc) is 2.72. The van der Waals surface area contributed by atoms with E-state index in [1.54, 1.807) is 0 Å². The fourth-order valence-corrected chi connectivity index (χ4v) is 4.07. The van der Waals surface area contributed by atoms with Gasteiger partial charge in [-0.2, -0.15) is 0 Å². The molecule has 2 rings (SSSR count). The summed E-state index contributed by atoms with van der Waals surface area (Å²) < 4.78 is 54.1. The molecule has 1 unspecified atom stereocenters. The Morgan fingerprint density at radius 1 is 1.33 bits per heavy atom. The second-order valence-corrected chi connectivity index (χ2v) is 6.71. The Labute approximate surface area is 128 Å². The van der Waals surface area contributed by atoms with Crippen LogP contribution in [-0.2, 0) is 17.1 Å². The van der Waals surface area contributed by atoms with Crippen LogP contribution in [0.3, 0.4) is 0 Å². The topological polar surface area (TPSA) is 76.9 Å². The molecular formula is C11H11BrF2N4O2S. The number of hydrogen-bond donors (Lipinski definition) is 1. The van der Waals surface area contributed by atoms with Crippen LogP contribution in [0.4, 0.5) is 8.78 Å². The smallest absolute Gasteiger partial charge is 0.235 e. The van der Waals surface area contributed by atoms with Gasteiger partial charge in [0, 0.05) is 13.1 Å². The predicted molar refractivity (Wildman–Crippen MR) is 73.8 cm³/mol. The third-order valence-electron chi connectivity index (χ3n) is 2.77. The Morgan fingerprint density at radius 3 is 2.52 bits per heavy atom. The number of rotatable bonds is 4. The summed E-state index contributed by atoms with van der Waals surface area (Å²) in [5.74, 6) is -2.03. The third kappa shape index (κ3) is 3.27. The van der Waals surface area contributed by atoms with Crippen molar-refractivity contribution in [1.82, 2.24) is 19.7 Å². The van der Waals surface area contributed by atoms with Gasteiger partial charge in [-0.3, -0.25) is 0 Å². The van der Waals surface area contributed by atoms with Crippen LogP contribution < -0.4 is 4.72 Å². The van der Waals surface area contributed by atoms with E-state index in [0.717, 1.165) is 16.8 Å². The van der Waals surface area contributed by atoms with E-state index in [1.807, 2.05) is 0 Å². The van der Waals surface area contributed by atoms with Gasteiger partial charge in [0.1, 0.15) is 0 Å². The molecule has 0 radical (unpaired) electrons. The zero-order valence-corrected chi connectivity index (χ0v) is 13.4. The van der Waals surface area contributed by atoms with Crippen molar-refractivity contribution < 1.29 is 17.2 Å². The predicted octanol–water partition coefficient (Wildman–Crippen LogP) is 1.90. The van der Waals surface area contributed by atoms with Crippen molar-refractivity contribution in [3.63, 3.8) is 0 Å². The summed E-state index contributed by atoms with van der Waals surface area (Å²) in [7, 11) is -2.50. The normalized spacial score (nSPS) is 13.4. The summed E-state index contributed by atoms with van der Waals surface area (Å²) in [5.41, 5.74) is 0.295. The summed E-state index contributed by atoms with van der Waals surface area (Å²) in [6, 6.07) is 2.44. The molecule has 21 heavy (non-hydrogen) atoms. The van der Waals surface area contributed by atoms with Crippen molar-refractivity contribution in [2.75, 3.05) is 0 Å². The second kappa shape index (κ2) is 5.78. The minimum absolute atomic E-state index is 0.0648. The lowest BCUT2D eigenvalue weighted by Gasteiger charge is -2.14. The van der Waals surface area contributed by atoms with Gasteiger partial charge < -0.3 is 0 Å². The van der Waals surface area contributed by atoms with Crippen molar-refractivity contribution in [3.05, 3.63) is 40.0 Å². The molecule has 1 N–H and O–H groups in total. The van der Waals surface area contributed by atoms with Crippen LogP contribution in [0.1, 0.15) is 18.5 Å². The van der Waals surface area contributed by atoms with Gasteiger partial charge in [0.25, 0.3) is 10.0 Å². The lowest BCUT2D eigenvalue weighted by molar-refractivity contribution is 0.504. The molecule has 0 aliphatic rings. The van der Waals surface area contributed by atoms with Gasteiger partial charge >= 0.3 is 0 Å². The molecule has 1 aromatic heterocycles. The maximum atomic E-state index is 13.2. The number of nitrogens with zero attached hydrogens (tertiary/aromatic N) is 3. The first kappa shape index (κ1) is 16.0. The maximum absolute atomic E-state index is 13.2. The van der Waals surface area contributed by atoms with E-state index in [1.165, 1.54) is 20.0 Å². The Kier molecular flexibility index (Phi) is 4.40. The van der Waals surface area contributed by atoms with Gasteiger partial charge in [-0.25, -0.2) is 26.6 Å². The average molecular weight is 381 g/mol. The first-order valence-corrected chi connectivity index (χ1v) is 8.02. The van der Waals surface area contributed by atoms with E-state index >= 15 is 0 Å². The van der Waals surface area contributed by atoms with E-state index in [2.05, 4.69) is 31.0 Å². The molecule has 0 saturated carbocycles. The summed E-state index contributed by atoms with van der Waals surface area (Å²) in [4.78, 5) is 0. The number of aromatic nitrogens is 3. The molecule has 114 valence electrons. The van der Waals surface area contributed by atoms with Crippen LogP contribution in [0.5, 0.6) is 0 Å². The van der Waals surface area contributed by atoms with Crippen molar-refractivity contribution in [3.8, 4) is 0 Å². The highest BCUT2D eigenvalue weighted by atomic mass is 79.9. The number of halogens is 3. The second-order valence-electron chi connectivity index (χ2n) is 4.33. The Bertz CT molecular complexity index is 759. The van der Waals surface area contributed by atoms with Crippen molar-refractivity contribution in [1.29, 1.82) is 0 Å². The van der Waals surface area contributed by atoms with Crippen LogP contribution in [0, 0.1) is 11.6 Å². The number of aryl methyl sites for hydroxylation is 1. The third-order valence-corrected chi connectivity index (χ3v) is 5.19.